The first-order chi connectivity index (χ1) is 18.2. The van der Waals surface area contributed by atoms with Crippen molar-refractivity contribution in [2.45, 2.75) is 58.5 Å². The fraction of sp³-hybridized carbons (Fsp3) is 0.344. The third-order valence-corrected chi connectivity index (χ3v) is 6.13. The van der Waals surface area contributed by atoms with Crippen LogP contribution in [0.4, 0.5) is 0 Å². The molecule has 0 unspecified atom stereocenters. The average molecular weight is 571 g/mol. The number of hydrogen-bond donors (Lipinski definition) is 2. The van der Waals surface area contributed by atoms with E-state index in [2.05, 4.69) is 22.5 Å². The van der Waals surface area contributed by atoms with Gasteiger partial charge in [0.1, 0.15) is 11.6 Å². The molecular weight excluding hydrogens is 532 g/mol. The predicted molar refractivity (Wildman–Crippen MR) is 149 cm³/mol. The molecule has 0 bridgehead atoms. The van der Waals surface area contributed by atoms with Gasteiger partial charge >= 0.3 is 23.0 Å². The van der Waals surface area contributed by atoms with Crippen molar-refractivity contribution in [1.29, 1.82) is 0 Å². The van der Waals surface area contributed by atoms with Crippen LogP contribution >= 0.6 is 0 Å². The van der Waals surface area contributed by atoms with Gasteiger partial charge in [0, 0.05) is 11.1 Å². The summed E-state index contributed by atoms with van der Waals surface area (Å²) < 4.78 is 4.80. The zero-order valence-corrected chi connectivity index (χ0v) is 24.4. The van der Waals surface area contributed by atoms with E-state index in [4.69, 9.17) is 4.74 Å². The third kappa shape index (κ3) is 11.8. The van der Waals surface area contributed by atoms with Gasteiger partial charge in [0.15, 0.2) is 0 Å². The van der Waals surface area contributed by atoms with Crippen molar-refractivity contribution in [2.75, 3.05) is 7.11 Å². The molecule has 2 saturated carbocycles. The molecule has 10 radical (unpaired) electrons. The van der Waals surface area contributed by atoms with E-state index in [0.29, 0.717) is 30.7 Å². The molecule has 206 valence electrons. The molecule has 2 aliphatic carbocycles. The quantitative estimate of drug-likeness (QED) is 0.261. The van der Waals surface area contributed by atoms with E-state index in [9.17, 15) is 14.4 Å². The second-order valence-electron chi connectivity index (χ2n) is 9.39. The summed E-state index contributed by atoms with van der Waals surface area (Å²) in [5, 5.41) is 5.81. The van der Waals surface area contributed by atoms with Crippen LogP contribution in [0.5, 0.6) is 0 Å². The molecular formula is C32H38FeN2O4+2. The van der Waals surface area contributed by atoms with Gasteiger partial charge in [-0.1, -0.05) is 39.5 Å². The SMILES string of the molecule is CCC(C#Cc1ccc(C(=O)N[C@@H](CC(C)C)C(=O)OC)cc1)(CC)NC(=O)[C]1[CH][CH][CH][CH]1.[CH]1[CH][CH][CH][CH]1.[Fe+2]. The van der Waals surface area contributed by atoms with E-state index in [1.54, 1.807) is 37.1 Å². The van der Waals surface area contributed by atoms with Crippen LogP contribution < -0.4 is 10.6 Å². The van der Waals surface area contributed by atoms with Crippen LogP contribution in [0.15, 0.2) is 24.3 Å². The minimum Gasteiger partial charge on any atom is -0.467 e. The molecule has 3 rings (SSSR count). The molecule has 2 aliphatic rings. The standard InChI is InChI=1S/C27H33N2O4.C5H5.Fe/c1-6-27(7-2,29-25(31)21-10-8-9-11-21)17-16-20-12-14-22(15-13-20)24(30)28-23(18-19(3)4)26(32)33-5;1-2-4-5-3-1;/h8-15,19,23H,6-7,18H2,1-5H3,(H,28,30)(H,29,31);1-5H;/q;;+2/t23-;;/m0../s1. The zero-order chi connectivity index (χ0) is 28.0. The zero-order valence-electron chi connectivity index (χ0n) is 23.3. The van der Waals surface area contributed by atoms with Crippen molar-refractivity contribution in [3.63, 3.8) is 0 Å². The van der Waals surface area contributed by atoms with E-state index in [0.717, 1.165) is 5.56 Å². The number of carbonyl (C=O) groups excluding carboxylic acids is 3. The largest absolute Gasteiger partial charge is 2.00 e. The van der Waals surface area contributed by atoms with Gasteiger partial charge in [-0.2, -0.15) is 0 Å². The molecule has 0 aliphatic heterocycles. The number of rotatable bonds is 9. The van der Waals surface area contributed by atoms with E-state index in [1.807, 2.05) is 72.6 Å². The first-order valence-corrected chi connectivity index (χ1v) is 13.0. The predicted octanol–water partition coefficient (Wildman–Crippen LogP) is 4.45. The molecule has 0 saturated heterocycles. The number of nitrogens with one attached hydrogen (secondary N) is 2. The Morgan fingerprint density at radius 1 is 0.872 bits per heavy atom. The van der Waals surface area contributed by atoms with E-state index >= 15 is 0 Å². The maximum Gasteiger partial charge on any atom is 2.00 e. The smallest absolute Gasteiger partial charge is 0.467 e. The molecule has 0 spiro atoms. The second kappa shape index (κ2) is 18.1. The average Bonchev–Trinajstić information content (AvgIpc) is 3.68. The Morgan fingerprint density at radius 3 is 1.87 bits per heavy atom. The van der Waals surface area contributed by atoms with E-state index in [-0.39, 0.29) is 34.8 Å². The fourth-order valence-electron chi connectivity index (χ4n) is 3.74. The Bertz CT molecular complexity index is 943. The summed E-state index contributed by atoms with van der Waals surface area (Å²) in [5.41, 5.74) is 0.515. The van der Waals surface area contributed by atoms with Crippen LogP contribution in [0, 0.1) is 81.5 Å². The molecule has 1 aromatic rings. The Labute approximate surface area is 246 Å². The number of benzene rings is 1. The van der Waals surface area contributed by atoms with Gasteiger partial charge in [0.25, 0.3) is 5.91 Å². The Balaban J connectivity index is 0.00000113. The van der Waals surface area contributed by atoms with Crippen molar-refractivity contribution in [3.8, 4) is 11.8 Å². The molecule has 0 heterocycles. The monoisotopic (exact) mass is 570 g/mol. The van der Waals surface area contributed by atoms with Gasteiger partial charge in [-0.15, -0.1) is 0 Å². The first-order valence-electron chi connectivity index (χ1n) is 13.0. The van der Waals surface area contributed by atoms with E-state index < -0.39 is 17.6 Å². The summed E-state index contributed by atoms with van der Waals surface area (Å²) in [6.07, 6.45) is 19.0. The molecule has 2 fully saturated rings. The molecule has 2 N–H and O–H groups in total. The van der Waals surface area contributed by atoms with Crippen LogP contribution in [0.2, 0.25) is 0 Å². The number of amides is 2. The number of hydrogen-bond acceptors (Lipinski definition) is 4. The normalized spacial score (nSPS) is 15.6. The van der Waals surface area contributed by atoms with Gasteiger partial charge in [-0.05, 0) is 107 Å². The second-order valence-corrected chi connectivity index (χ2v) is 9.39. The van der Waals surface area contributed by atoms with Crippen molar-refractivity contribution in [3.05, 3.63) is 99.1 Å². The topological polar surface area (TPSA) is 84.5 Å². The van der Waals surface area contributed by atoms with Crippen LogP contribution in [-0.2, 0) is 31.4 Å². The molecule has 2 amide bonds. The van der Waals surface area contributed by atoms with Crippen molar-refractivity contribution >= 4 is 17.8 Å². The van der Waals surface area contributed by atoms with Crippen LogP contribution in [-0.4, -0.2) is 36.5 Å². The maximum atomic E-state index is 12.6. The summed E-state index contributed by atoms with van der Waals surface area (Å²) in [6, 6.07) is 6.16. The van der Waals surface area contributed by atoms with Gasteiger partial charge in [-0.3, -0.25) is 9.59 Å². The summed E-state index contributed by atoms with van der Waals surface area (Å²) in [6.45, 7) is 7.94. The van der Waals surface area contributed by atoms with Gasteiger partial charge < -0.3 is 15.4 Å². The fourth-order valence-corrected chi connectivity index (χ4v) is 3.74. The van der Waals surface area contributed by atoms with E-state index in [1.165, 1.54) is 7.11 Å². The summed E-state index contributed by atoms with van der Waals surface area (Å²) >= 11 is 0. The van der Waals surface area contributed by atoms with Gasteiger partial charge in [-0.25, -0.2) is 4.79 Å². The molecule has 1 aromatic carbocycles. The molecule has 7 heteroatoms. The first kappa shape index (κ1) is 34.7. The van der Waals surface area contributed by atoms with Crippen LogP contribution in [0.25, 0.3) is 0 Å². The summed E-state index contributed by atoms with van der Waals surface area (Å²) in [7, 11) is 1.31. The Hall–Kier alpha value is -2.29. The minimum absolute atomic E-state index is 0. The number of carbonyl (C=O) groups is 3. The maximum absolute atomic E-state index is 12.6. The molecule has 39 heavy (non-hydrogen) atoms. The van der Waals surface area contributed by atoms with Gasteiger partial charge in [0.2, 0.25) is 5.91 Å². The van der Waals surface area contributed by atoms with Gasteiger partial charge in [0.05, 0.1) is 13.0 Å². The summed E-state index contributed by atoms with van der Waals surface area (Å²) in [4.78, 5) is 37.1. The molecule has 0 aromatic heterocycles. The minimum atomic E-state index is -0.692. The number of esters is 1. The molecule has 1 atom stereocenters. The van der Waals surface area contributed by atoms with Crippen LogP contribution in [0.1, 0.15) is 62.9 Å². The van der Waals surface area contributed by atoms with Crippen molar-refractivity contribution < 1.29 is 36.2 Å². The van der Waals surface area contributed by atoms with Crippen molar-refractivity contribution in [2.24, 2.45) is 5.92 Å². The third-order valence-electron chi connectivity index (χ3n) is 6.13. The Morgan fingerprint density at radius 2 is 1.41 bits per heavy atom. The number of methoxy groups -OCH3 is 1. The summed E-state index contributed by atoms with van der Waals surface area (Å²) in [5.74, 6) is 6.24. The van der Waals surface area contributed by atoms with Crippen LogP contribution in [0.3, 0.4) is 0 Å². The number of ether oxygens (including phenoxy) is 1. The Kier molecular flexibility index (Phi) is 16.2. The van der Waals surface area contributed by atoms with Crippen molar-refractivity contribution in [1.82, 2.24) is 10.6 Å². The molecule has 6 nitrogen and oxygen atoms in total.